The zero-order valence-electron chi connectivity index (χ0n) is 18.6. The van der Waals surface area contributed by atoms with Gasteiger partial charge in [-0.05, 0) is 54.3 Å². The Labute approximate surface area is 200 Å². The van der Waals surface area contributed by atoms with Gasteiger partial charge in [0.05, 0.1) is 23.1 Å². The van der Waals surface area contributed by atoms with Gasteiger partial charge in [0.15, 0.2) is 0 Å². The van der Waals surface area contributed by atoms with Gasteiger partial charge in [-0.1, -0.05) is 13.0 Å². The van der Waals surface area contributed by atoms with Gasteiger partial charge in [0, 0.05) is 18.0 Å². The van der Waals surface area contributed by atoms with E-state index in [0.717, 1.165) is 24.3 Å². The van der Waals surface area contributed by atoms with Crippen molar-refractivity contribution in [1.29, 1.82) is 0 Å². The van der Waals surface area contributed by atoms with Gasteiger partial charge in [-0.25, -0.2) is 4.79 Å². The van der Waals surface area contributed by atoms with Crippen molar-refractivity contribution in [2.24, 2.45) is 0 Å². The average molecular weight is 478 g/mol. The molecule has 0 fully saturated rings. The van der Waals surface area contributed by atoms with E-state index in [1.165, 1.54) is 11.1 Å². The topological polar surface area (TPSA) is 78.2 Å². The van der Waals surface area contributed by atoms with Crippen molar-refractivity contribution >= 4 is 28.3 Å². The molecule has 1 aliphatic heterocycles. The molecular formula is C26H23NO6S. The van der Waals surface area contributed by atoms with E-state index < -0.39 is 5.97 Å². The number of thiophene rings is 1. The van der Waals surface area contributed by atoms with Crippen molar-refractivity contribution in [2.75, 3.05) is 13.3 Å². The molecule has 0 radical (unpaired) electrons. The van der Waals surface area contributed by atoms with Crippen LogP contribution in [0.5, 0.6) is 17.2 Å². The van der Waals surface area contributed by atoms with E-state index in [-0.39, 0.29) is 11.2 Å². The van der Waals surface area contributed by atoms with E-state index in [2.05, 4.69) is 16.3 Å². The van der Waals surface area contributed by atoms with Crippen LogP contribution in [0.25, 0.3) is 11.0 Å². The monoisotopic (exact) mass is 477 g/mol. The van der Waals surface area contributed by atoms with E-state index >= 15 is 0 Å². The first-order valence-corrected chi connectivity index (χ1v) is 11.9. The molecule has 34 heavy (non-hydrogen) atoms. The van der Waals surface area contributed by atoms with Gasteiger partial charge in [0.1, 0.15) is 30.1 Å². The number of fused-ring (bicyclic) bond motifs is 3. The average Bonchev–Trinajstić information content (AvgIpc) is 3.37. The molecule has 174 valence electrons. The number of ether oxygens (including phenoxy) is 3. The third kappa shape index (κ3) is 4.55. The molecule has 0 amide bonds. The molecule has 0 unspecified atom stereocenters. The highest BCUT2D eigenvalue weighted by Crippen LogP contribution is 2.33. The quantitative estimate of drug-likeness (QED) is 0.322. The predicted octanol–water partition coefficient (Wildman–Crippen LogP) is 5.57. The maximum Gasteiger partial charge on any atom is 0.338 e. The van der Waals surface area contributed by atoms with E-state index in [0.29, 0.717) is 42.2 Å². The molecule has 0 atom stereocenters. The predicted molar refractivity (Wildman–Crippen MR) is 129 cm³/mol. The smallest absolute Gasteiger partial charge is 0.338 e. The highest BCUT2D eigenvalue weighted by molar-refractivity contribution is 7.09. The molecule has 3 heterocycles. The zero-order valence-corrected chi connectivity index (χ0v) is 19.4. The first-order valence-electron chi connectivity index (χ1n) is 11.0. The molecule has 4 aromatic rings. The summed E-state index contributed by atoms with van der Waals surface area (Å²) in [4.78, 5) is 28.5. The van der Waals surface area contributed by atoms with E-state index in [9.17, 15) is 9.59 Å². The highest BCUT2D eigenvalue weighted by Gasteiger charge is 2.23. The fourth-order valence-electron chi connectivity index (χ4n) is 3.80. The highest BCUT2D eigenvalue weighted by atomic mass is 32.1. The lowest BCUT2D eigenvalue weighted by Crippen LogP contribution is -2.31. The van der Waals surface area contributed by atoms with Gasteiger partial charge >= 0.3 is 5.97 Å². The normalized spacial score (nSPS) is 13.3. The maximum atomic E-state index is 13.1. The summed E-state index contributed by atoms with van der Waals surface area (Å²) in [7, 11) is 0. The summed E-state index contributed by atoms with van der Waals surface area (Å²) in [6, 6.07) is 14.1. The van der Waals surface area contributed by atoms with Gasteiger partial charge in [0.2, 0.25) is 11.2 Å². The van der Waals surface area contributed by atoms with Crippen molar-refractivity contribution in [3.63, 3.8) is 0 Å². The molecule has 8 heteroatoms. The molecule has 0 spiro atoms. The van der Waals surface area contributed by atoms with Crippen LogP contribution in [-0.4, -0.2) is 24.2 Å². The largest absolute Gasteiger partial charge is 0.478 e. The molecule has 5 rings (SSSR count). The summed E-state index contributed by atoms with van der Waals surface area (Å²) >= 11 is 1.70. The van der Waals surface area contributed by atoms with Gasteiger partial charge in [0.25, 0.3) is 0 Å². The first-order chi connectivity index (χ1) is 16.6. The second-order valence-corrected chi connectivity index (χ2v) is 8.98. The van der Waals surface area contributed by atoms with Gasteiger partial charge in [-0.3, -0.25) is 9.69 Å². The minimum atomic E-state index is -0.390. The molecule has 0 saturated carbocycles. The third-order valence-corrected chi connectivity index (χ3v) is 6.33. The molecule has 0 bridgehead atoms. The van der Waals surface area contributed by atoms with Crippen LogP contribution in [0.1, 0.15) is 34.1 Å². The second-order valence-electron chi connectivity index (χ2n) is 7.95. The van der Waals surface area contributed by atoms with Gasteiger partial charge in [-0.2, -0.15) is 0 Å². The van der Waals surface area contributed by atoms with E-state index in [1.807, 2.05) is 13.0 Å². The van der Waals surface area contributed by atoms with Gasteiger partial charge in [-0.15, -0.1) is 11.3 Å². The van der Waals surface area contributed by atoms with Gasteiger partial charge < -0.3 is 18.6 Å². The fraction of sp³-hybridized carbons (Fsp3) is 0.231. The number of benzene rings is 2. The van der Waals surface area contributed by atoms with Crippen LogP contribution in [0.15, 0.2) is 69.4 Å². The summed E-state index contributed by atoms with van der Waals surface area (Å²) in [5, 5.41) is 2.48. The minimum Gasteiger partial charge on any atom is -0.478 e. The maximum absolute atomic E-state index is 13.1. The molecule has 1 aliphatic rings. The summed E-state index contributed by atoms with van der Waals surface area (Å²) in [6.45, 7) is 4.16. The number of carbonyl (C=O) groups excluding carboxylic acids is 1. The third-order valence-electron chi connectivity index (χ3n) is 5.47. The number of carbonyl (C=O) groups is 1. The summed E-state index contributed by atoms with van der Waals surface area (Å²) in [5.74, 6) is 0.819. The van der Waals surface area contributed by atoms with Crippen molar-refractivity contribution in [1.82, 2.24) is 4.90 Å². The van der Waals surface area contributed by atoms with Crippen molar-refractivity contribution in [2.45, 2.75) is 26.4 Å². The fourth-order valence-corrected chi connectivity index (χ4v) is 4.54. The van der Waals surface area contributed by atoms with E-state index in [4.69, 9.17) is 18.6 Å². The first kappa shape index (κ1) is 22.2. The lowest BCUT2D eigenvalue weighted by atomic mass is 10.1. The van der Waals surface area contributed by atoms with Crippen LogP contribution in [0.4, 0.5) is 0 Å². The van der Waals surface area contributed by atoms with Crippen LogP contribution < -0.4 is 14.9 Å². The Morgan fingerprint density at radius 2 is 2.00 bits per heavy atom. The number of hydrogen-bond donors (Lipinski definition) is 0. The Balaban J connectivity index is 1.37. The minimum absolute atomic E-state index is 0.0703. The lowest BCUT2D eigenvalue weighted by molar-refractivity contribution is 0.0505. The second kappa shape index (κ2) is 9.70. The van der Waals surface area contributed by atoms with Crippen LogP contribution in [-0.2, 0) is 17.8 Å². The Bertz CT molecular complexity index is 1360. The van der Waals surface area contributed by atoms with E-state index in [1.54, 1.807) is 47.7 Å². The lowest BCUT2D eigenvalue weighted by Gasteiger charge is -2.28. The standard InChI is InChI=1S/C26H23NO6S/c1-2-11-30-26(29)17-5-7-18(8-6-17)33-23-15-31-25-20(24(23)28)9-10-22-21(25)14-27(16-32-22)13-19-4-3-12-34-19/h3-10,12,15H,2,11,13-14,16H2,1H3. The Morgan fingerprint density at radius 1 is 1.15 bits per heavy atom. The Morgan fingerprint density at radius 3 is 2.76 bits per heavy atom. The number of hydrogen-bond acceptors (Lipinski definition) is 8. The molecular weight excluding hydrogens is 454 g/mol. The summed E-state index contributed by atoms with van der Waals surface area (Å²) in [5.41, 5.74) is 1.49. The molecule has 2 aromatic carbocycles. The SMILES string of the molecule is CCCOC(=O)c1ccc(Oc2coc3c4c(ccc3c2=O)OCN(Cc2cccs2)C4)cc1. The summed E-state index contributed by atoms with van der Waals surface area (Å²) in [6.07, 6.45) is 2.08. The van der Waals surface area contributed by atoms with Crippen molar-refractivity contribution < 1.29 is 23.4 Å². The number of rotatable bonds is 7. The van der Waals surface area contributed by atoms with Crippen molar-refractivity contribution in [3.8, 4) is 17.2 Å². The summed E-state index contributed by atoms with van der Waals surface area (Å²) < 4.78 is 22.7. The Hall–Kier alpha value is -3.62. The molecule has 0 N–H and O–H groups in total. The number of nitrogens with zero attached hydrogens (tertiary/aromatic N) is 1. The molecule has 2 aromatic heterocycles. The zero-order chi connectivity index (χ0) is 23.5. The Kier molecular flexibility index (Phi) is 6.33. The molecule has 0 saturated heterocycles. The number of esters is 1. The van der Waals surface area contributed by atoms with Crippen molar-refractivity contribution in [3.05, 3.63) is 86.4 Å². The van der Waals surface area contributed by atoms with Crippen LogP contribution in [0.3, 0.4) is 0 Å². The molecule has 7 nitrogen and oxygen atoms in total. The van der Waals surface area contributed by atoms with Crippen LogP contribution >= 0.6 is 11.3 Å². The van der Waals surface area contributed by atoms with Crippen LogP contribution in [0, 0.1) is 0 Å². The molecule has 0 aliphatic carbocycles. The van der Waals surface area contributed by atoms with Crippen LogP contribution in [0.2, 0.25) is 0 Å².